The molecule has 2 aromatic rings. The molecule has 0 atom stereocenters. The lowest BCUT2D eigenvalue weighted by molar-refractivity contribution is 0.0158. The molecule has 5 heteroatoms. The van der Waals surface area contributed by atoms with E-state index in [9.17, 15) is 0 Å². The van der Waals surface area contributed by atoms with E-state index >= 15 is 0 Å². The average Bonchev–Trinajstić information content (AvgIpc) is 2.47. The van der Waals surface area contributed by atoms with Crippen LogP contribution >= 0.6 is 11.6 Å². The largest absolute Gasteiger partial charge is 0.471 e. The van der Waals surface area contributed by atoms with E-state index in [-0.39, 0.29) is 0 Å². The van der Waals surface area contributed by atoms with Gasteiger partial charge in [-0.15, -0.1) is 10.2 Å². The summed E-state index contributed by atoms with van der Waals surface area (Å²) >= 11 is 5.91. The quantitative estimate of drug-likeness (QED) is 0.845. The third-order valence-electron chi connectivity index (χ3n) is 3.11. The lowest BCUT2D eigenvalue weighted by Gasteiger charge is -2.24. The van der Waals surface area contributed by atoms with Gasteiger partial charge in [0.1, 0.15) is 6.61 Å². The van der Waals surface area contributed by atoms with Crippen LogP contribution in [0.15, 0.2) is 36.4 Å². The molecule has 106 valence electrons. The molecule has 1 heterocycles. The Balaban J connectivity index is 2.23. The van der Waals surface area contributed by atoms with Crippen molar-refractivity contribution >= 4 is 11.6 Å². The van der Waals surface area contributed by atoms with Gasteiger partial charge in [-0.3, -0.25) is 0 Å². The molecule has 0 saturated heterocycles. The van der Waals surface area contributed by atoms with Crippen molar-refractivity contribution in [1.29, 1.82) is 0 Å². The van der Waals surface area contributed by atoms with Crippen LogP contribution in [0.25, 0.3) is 0 Å². The van der Waals surface area contributed by atoms with Crippen LogP contribution in [0.1, 0.15) is 25.0 Å². The molecular formula is C15H17ClN2O2. The molecule has 2 rings (SSSR count). The maximum Gasteiger partial charge on any atom is 0.240 e. The highest BCUT2D eigenvalue weighted by Crippen LogP contribution is 2.32. The molecule has 1 aromatic heterocycles. The highest BCUT2D eigenvalue weighted by molar-refractivity contribution is 6.29. The van der Waals surface area contributed by atoms with Gasteiger partial charge in [-0.25, -0.2) is 0 Å². The van der Waals surface area contributed by atoms with Gasteiger partial charge in [0.2, 0.25) is 5.88 Å². The number of benzene rings is 1. The van der Waals surface area contributed by atoms with Gasteiger partial charge in [0.15, 0.2) is 5.15 Å². The number of halogens is 1. The van der Waals surface area contributed by atoms with Gasteiger partial charge >= 0.3 is 0 Å². The van der Waals surface area contributed by atoms with Crippen LogP contribution in [-0.4, -0.2) is 17.3 Å². The molecule has 0 saturated carbocycles. The smallest absolute Gasteiger partial charge is 0.240 e. The van der Waals surface area contributed by atoms with Crippen molar-refractivity contribution in [1.82, 2.24) is 10.2 Å². The Bertz CT molecular complexity index is 573. The van der Waals surface area contributed by atoms with Crippen LogP contribution in [0.4, 0.5) is 0 Å². The van der Waals surface area contributed by atoms with E-state index in [0.29, 0.717) is 17.6 Å². The summed E-state index contributed by atoms with van der Waals surface area (Å²) in [6, 6.07) is 11.6. The molecule has 0 fully saturated rings. The Kier molecular flexibility index (Phi) is 4.57. The van der Waals surface area contributed by atoms with Gasteiger partial charge < -0.3 is 9.47 Å². The molecule has 0 unspecified atom stereocenters. The number of rotatable bonds is 5. The molecule has 0 spiro atoms. The minimum Gasteiger partial charge on any atom is -0.471 e. The van der Waals surface area contributed by atoms with E-state index < -0.39 is 5.60 Å². The monoisotopic (exact) mass is 292 g/mol. The standard InChI is InChI=1S/C15H17ClN2O2/c1-15(2,19-3)12-9-13(16)17-18-14(12)20-10-11-7-5-4-6-8-11/h4-9H,10H2,1-3H3. The molecule has 20 heavy (non-hydrogen) atoms. The summed E-state index contributed by atoms with van der Waals surface area (Å²) < 4.78 is 11.2. The summed E-state index contributed by atoms with van der Waals surface area (Å²) in [4.78, 5) is 0. The molecule has 0 N–H and O–H groups in total. The summed E-state index contributed by atoms with van der Waals surface area (Å²) in [7, 11) is 1.63. The van der Waals surface area contributed by atoms with Crippen molar-refractivity contribution in [2.45, 2.75) is 26.1 Å². The van der Waals surface area contributed by atoms with Crippen LogP contribution < -0.4 is 4.74 Å². The number of aromatic nitrogens is 2. The van der Waals surface area contributed by atoms with Crippen LogP contribution in [0.5, 0.6) is 5.88 Å². The second-order valence-corrected chi connectivity index (χ2v) is 5.26. The topological polar surface area (TPSA) is 44.2 Å². The Hall–Kier alpha value is -1.65. The van der Waals surface area contributed by atoms with E-state index in [1.807, 2.05) is 44.2 Å². The molecule has 0 aliphatic rings. The fourth-order valence-corrected chi connectivity index (χ4v) is 1.88. The van der Waals surface area contributed by atoms with Crippen LogP contribution in [-0.2, 0) is 16.9 Å². The fraction of sp³-hybridized carbons (Fsp3) is 0.333. The van der Waals surface area contributed by atoms with E-state index in [1.54, 1.807) is 13.2 Å². The molecule has 0 bridgehead atoms. The van der Waals surface area contributed by atoms with Gasteiger partial charge in [-0.1, -0.05) is 41.9 Å². The molecular weight excluding hydrogens is 276 g/mol. The highest BCUT2D eigenvalue weighted by atomic mass is 35.5. The number of methoxy groups -OCH3 is 1. The number of nitrogens with zero attached hydrogens (tertiary/aromatic N) is 2. The average molecular weight is 293 g/mol. The zero-order valence-electron chi connectivity index (χ0n) is 11.8. The van der Waals surface area contributed by atoms with Gasteiger partial charge in [0.05, 0.1) is 11.2 Å². The molecule has 0 radical (unpaired) electrons. The normalized spacial score (nSPS) is 11.4. The highest BCUT2D eigenvalue weighted by Gasteiger charge is 2.26. The molecule has 0 aliphatic carbocycles. The third-order valence-corrected chi connectivity index (χ3v) is 3.29. The van der Waals surface area contributed by atoms with Crippen LogP contribution in [0.3, 0.4) is 0 Å². The maximum absolute atomic E-state index is 5.91. The van der Waals surface area contributed by atoms with E-state index in [2.05, 4.69) is 10.2 Å². The maximum atomic E-state index is 5.91. The van der Waals surface area contributed by atoms with Gasteiger partial charge in [-0.05, 0) is 25.5 Å². The number of hydrogen-bond acceptors (Lipinski definition) is 4. The summed E-state index contributed by atoms with van der Waals surface area (Å²) in [6.45, 7) is 4.27. The predicted octanol–water partition coefficient (Wildman–Crippen LogP) is 3.59. The fourth-order valence-electron chi connectivity index (χ4n) is 1.73. The lowest BCUT2D eigenvalue weighted by Crippen LogP contribution is -2.21. The van der Waals surface area contributed by atoms with E-state index in [4.69, 9.17) is 21.1 Å². The van der Waals surface area contributed by atoms with Gasteiger partial charge in [0, 0.05) is 7.11 Å². The SMILES string of the molecule is COC(C)(C)c1cc(Cl)nnc1OCc1ccccc1. The Morgan fingerprint density at radius 1 is 1.15 bits per heavy atom. The van der Waals surface area contributed by atoms with Crippen LogP contribution in [0, 0.1) is 0 Å². The lowest BCUT2D eigenvalue weighted by atomic mass is 10.00. The third kappa shape index (κ3) is 3.46. The van der Waals surface area contributed by atoms with E-state index in [1.165, 1.54) is 0 Å². The van der Waals surface area contributed by atoms with Gasteiger partial charge in [0.25, 0.3) is 0 Å². The Morgan fingerprint density at radius 2 is 1.85 bits per heavy atom. The van der Waals surface area contributed by atoms with Crippen molar-refractivity contribution in [2.24, 2.45) is 0 Å². The first kappa shape index (κ1) is 14.8. The first-order valence-corrected chi connectivity index (χ1v) is 6.66. The minimum absolute atomic E-state index is 0.317. The van der Waals surface area contributed by atoms with Crippen LogP contribution in [0.2, 0.25) is 5.15 Å². The molecule has 1 aromatic carbocycles. The van der Waals surface area contributed by atoms with E-state index in [0.717, 1.165) is 11.1 Å². The number of hydrogen-bond donors (Lipinski definition) is 0. The Labute approximate surface area is 123 Å². The van der Waals surface area contributed by atoms with Gasteiger partial charge in [-0.2, -0.15) is 0 Å². The Morgan fingerprint density at radius 3 is 2.50 bits per heavy atom. The predicted molar refractivity (Wildman–Crippen MR) is 77.9 cm³/mol. The second-order valence-electron chi connectivity index (χ2n) is 4.87. The van der Waals surface area contributed by atoms with Crippen molar-refractivity contribution in [3.63, 3.8) is 0 Å². The minimum atomic E-state index is -0.550. The zero-order valence-corrected chi connectivity index (χ0v) is 12.5. The van der Waals surface area contributed by atoms with Crippen molar-refractivity contribution in [3.05, 3.63) is 52.7 Å². The summed E-state index contributed by atoms with van der Waals surface area (Å²) in [5.41, 5.74) is 1.28. The number of ether oxygens (including phenoxy) is 2. The summed E-state index contributed by atoms with van der Waals surface area (Å²) in [6.07, 6.45) is 0. The summed E-state index contributed by atoms with van der Waals surface area (Å²) in [5.74, 6) is 0.435. The molecule has 4 nitrogen and oxygen atoms in total. The van der Waals surface area contributed by atoms with Crippen molar-refractivity contribution < 1.29 is 9.47 Å². The molecule has 0 aliphatic heterocycles. The molecule has 0 amide bonds. The summed E-state index contributed by atoms with van der Waals surface area (Å²) in [5, 5.41) is 8.17. The first-order valence-electron chi connectivity index (χ1n) is 6.28. The van der Waals surface area contributed by atoms with Crippen molar-refractivity contribution in [3.8, 4) is 5.88 Å². The van der Waals surface area contributed by atoms with Crippen molar-refractivity contribution in [2.75, 3.05) is 7.11 Å². The second kappa shape index (κ2) is 6.20. The zero-order chi connectivity index (χ0) is 14.6. The first-order chi connectivity index (χ1) is 9.53.